The summed E-state index contributed by atoms with van der Waals surface area (Å²) in [6, 6.07) is 28.0. The topological polar surface area (TPSA) is 123 Å². The average molecular weight is 800 g/mol. The van der Waals surface area contributed by atoms with Gasteiger partial charge in [0.05, 0.1) is 12.3 Å². The molecule has 1 aromatic heterocycles. The van der Waals surface area contributed by atoms with E-state index < -0.39 is 39.3 Å². The summed E-state index contributed by atoms with van der Waals surface area (Å²) < 4.78 is 12.9. The van der Waals surface area contributed by atoms with Crippen molar-refractivity contribution in [2.45, 2.75) is 135 Å². The summed E-state index contributed by atoms with van der Waals surface area (Å²) >= 11 is 0. The minimum absolute atomic E-state index is 0.168. The SMILES string of the molecule is CCOC(=O)c1nc(-c2ccc(CC(CCCC(C)(C)[Si](O)(c3ccccc3)c3ccccc3)NC(=O)OC(C)(C)C)cc2)cn1CCCC(C)(C)[Si](C)(C)O. The second-order valence-corrected chi connectivity index (χ2v) is 26.3. The maximum Gasteiger partial charge on any atom is 0.407 e. The van der Waals surface area contributed by atoms with Gasteiger partial charge in [0.1, 0.15) is 5.60 Å². The molecule has 9 nitrogen and oxygen atoms in total. The van der Waals surface area contributed by atoms with Gasteiger partial charge in [-0.1, -0.05) is 119 Å². The van der Waals surface area contributed by atoms with E-state index in [0.717, 1.165) is 47.2 Å². The molecule has 4 rings (SSSR count). The zero-order valence-electron chi connectivity index (χ0n) is 35.3. The van der Waals surface area contributed by atoms with Crippen molar-refractivity contribution in [3.05, 3.63) is 103 Å². The molecule has 0 bridgehead atoms. The van der Waals surface area contributed by atoms with E-state index in [0.29, 0.717) is 25.1 Å². The van der Waals surface area contributed by atoms with Crippen molar-refractivity contribution in [3.8, 4) is 11.3 Å². The smallest absolute Gasteiger partial charge is 0.407 e. The third kappa shape index (κ3) is 11.5. The van der Waals surface area contributed by atoms with Gasteiger partial charge in [-0.3, -0.25) is 0 Å². The van der Waals surface area contributed by atoms with Crippen LogP contribution in [0.2, 0.25) is 23.2 Å². The van der Waals surface area contributed by atoms with E-state index in [1.807, 2.05) is 130 Å². The van der Waals surface area contributed by atoms with Crippen LogP contribution >= 0.6 is 0 Å². The van der Waals surface area contributed by atoms with E-state index in [-0.39, 0.29) is 23.5 Å². The molecular formula is C45H65N3O6Si2. The van der Waals surface area contributed by atoms with Crippen LogP contribution in [0.25, 0.3) is 11.3 Å². The molecule has 3 N–H and O–H groups in total. The molecule has 0 radical (unpaired) electrons. The number of carbonyl (C=O) groups excluding carboxylic acids is 2. The second-order valence-electron chi connectivity index (χ2n) is 17.9. The van der Waals surface area contributed by atoms with Gasteiger partial charge in [-0.05, 0) is 98.9 Å². The minimum Gasteiger partial charge on any atom is -0.460 e. The van der Waals surface area contributed by atoms with E-state index in [2.05, 4.69) is 33.0 Å². The van der Waals surface area contributed by atoms with Crippen molar-refractivity contribution in [2.75, 3.05) is 6.61 Å². The first-order valence-corrected chi connectivity index (χ1v) is 25.0. The van der Waals surface area contributed by atoms with Crippen molar-refractivity contribution in [1.29, 1.82) is 0 Å². The van der Waals surface area contributed by atoms with Crippen LogP contribution in [0.1, 0.15) is 104 Å². The molecule has 0 saturated carbocycles. The number of alkyl carbamates (subject to hydrolysis) is 1. The predicted molar refractivity (Wildman–Crippen MR) is 231 cm³/mol. The fraction of sp³-hybridized carbons (Fsp3) is 0.489. The number of carbonyl (C=O) groups is 2. The van der Waals surface area contributed by atoms with Crippen molar-refractivity contribution < 1.29 is 28.7 Å². The Labute approximate surface area is 337 Å². The maximum atomic E-state index is 13.1. The number of hydrogen-bond donors (Lipinski definition) is 3. The van der Waals surface area contributed by atoms with E-state index in [1.54, 1.807) is 6.92 Å². The molecule has 1 unspecified atom stereocenters. The molecule has 11 heteroatoms. The number of amides is 1. The number of esters is 1. The lowest BCUT2D eigenvalue weighted by Gasteiger charge is -2.41. The van der Waals surface area contributed by atoms with Crippen LogP contribution in [0, 0.1) is 0 Å². The Morgan fingerprint density at radius 3 is 1.88 bits per heavy atom. The summed E-state index contributed by atoms with van der Waals surface area (Å²) in [7, 11) is -5.53. The monoisotopic (exact) mass is 799 g/mol. The van der Waals surface area contributed by atoms with E-state index in [1.165, 1.54) is 0 Å². The van der Waals surface area contributed by atoms with Crippen LogP contribution < -0.4 is 15.7 Å². The molecule has 1 heterocycles. The number of rotatable bonds is 18. The molecule has 4 aromatic rings. The number of nitrogens with one attached hydrogen (secondary N) is 1. The Hall–Kier alpha value is -4.04. The zero-order chi connectivity index (χ0) is 41.4. The van der Waals surface area contributed by atoms with Crippen LogP contribution in [0.15, 0.2) is 91.1 Å². The lowest BCUT2D eigenvalue weighted by atomic mass is 9.97. The van der Waals surface area contributed by atoms with Gasteiger partial charge in [-0.25, -0.2) is 14.6 Å². The number of ether oxygens (including phenoxy) is 2. The van der Waals surface area contributed by atoms with Crippen LogP contribution in [0.3, 0.4) is 0 Å². The van der Waals surface area contributed by atoms with Gasteiger partial charge in [0.15, 0.2) is 8.32 Å². The predicted octanol–water partition coefficient (Wildman–Crippen LogP) is 8.62. The van der Waals surface area contributed by atoms with Crippen molar-refractivity contribution in [3.63, 3.8) is 0 Å². The summed E-state index contributed by atoms with van der Waals surface area (Å²) in [4.78, 5) is 54.1. The zero-order valence-corrected chi connectivity index (χ0v) is 37.3. The molecule has 1 amide bonds. The van der Waals surface area contributed by atoms with Crippen molar-refractivity contribution >= 4 is 39.1 Å². The minimum atomic E-state index is -3.17. The van der Waals surface area contributed by atoms with Crippen molar-refractivity contribution in [2.24, 2.45) is 0 Å². The Balaban J connectivity index is 1.53. The quantitative estimate of drug-likeness (QED) is 0.0681. The summed E-state index contributed by atoms with van der Waals surface area (Å²) in [6.45, 7) is 20.7. The van der Waals surface area contributed by atoms with Gasteiger partial charge in [0, 0.05) is 24.3 Å². The van der Waals surface area contributed by atoms with Crippen LogP contribution in [0.5, 0.6) is 0 Å². The van der Waals surface area contributed by atoms with Crippen molar-refractivity contribution in [1.82, 2.24) is 14.9 Å². The van der Waals surface area contributed by atoms with Crippen LogP contribution in [-0.2, 0) is 22.4 Å². The van der Waals surface area contributed by atoms with Crippen LogP contribution in [-0.4, -0.2) is 66.1 Å². The lowest BCUT2D eigenvalue weighted by Crippen LogP contribution is -2.65. The summed E-state index contributed by atoms with van der Waals surface area (Å²) in [6.07, 6.45) is 5.88. The second kappa shape index (κ2) is 18.5. The molecule has 0 aliphatic heterocycles. The average Bonchev–Trinajstić information content (AvgIpc) is 3.55. The molecule has 1 atom stereocenters. The Kier molecular flexibility index (Phi) is 14.7. The lowest BCUT2D eigenvalue weighted by molar-refractivity contribution is 0.0492. The standard InChI is InChI=1S/C45H65N3O6Si2/c1-11-53-41(49)40-47-39(33-48(40)31-19-30-44(5,6)55(9,10)51)35-27-25-34(26-28-35)32-36(46-42(50)54-43(2,3)4)20-18-29-45(7,8)56(52,37-21-14-12-15-22-37)38-23-16-13-17-24-38/h12-17,21-28,33,36,51-52H,11,18-20,29-32H2,1-10H3,(H,46,50). The molecule has 3 aromatic carbocycles. The van der Waals surface area contributed by atoms with Gasteiger partial charge < -0.3 is 28.9 Å². The molecule has 0 aliphatic carbocycles. The maximum absolute atomic E-state index is 13.1. The molecule has 0 spiro atoms. The normalized spacial score (nSPS) is 13.3. The fourth-order valence-corrected chi connectivity index (χ4v) is 11.7. The van der Waals surface area contributed by atoms with Gasteiger partial charge >= 0.3 is 12.1 Å². The van der Waals surface area contributed by atoms with Gasteiger partial charge in [-0.2, -0.15) is 0 Å². The highest BCUT2D eigenvalue weighted by Gasteiger charge is 2.49. The highest BCUT2D eigenvalue weighted by Crippen LogP contribution is 2.41. The number of imidazole rings is 1. The number of nitrogens with zero attached hydrogens (tertiary/aromatic N) is 2. The number of benzene rings is 3. The molecule has 56 heavy (non-hydrogen) atoms. The fourth-order valence-electron chi connectivity index (χ4n) is 7.16. The van der Waals surface area contributed by atoms with Crippen LogP contribution in [0.4, 0.5) is 4.79 Å². The van der Waals surface area contributed by atoms with E-state index in [4.69, 9.17) is 14.5 Å². The highest BCUT2D eigenvalue weighted by atomic mass is 28.4. The number of aryl methyl sites for hydroxylation is 1. The molecule has 0 fully saturated rings. The molecular weight excluding hydrogens is 735 g/mol. The Bertz CT molecular complexity index is 1820. The first-order chi connectivity index (χ1) is 26.2. The molecule has 304 valence electrons. The number of hydrogen-bond acceptors (Lipinski definition) is 7. The van der Waals surface area contributed by atoms with E-state index in [9.17, 15) is 19.2 Å². The summed E-state index contributed by atoms with van der Waals surface area (Å²) in [5, 5.41) is 4.52. The molecule has 0 aliphatic rings. The highest BCUT2D eigenvalue weighted by molar-refractivity contribution is 6.98. The first kappa shape index (κ1) is 44.7. The summed E-state index contributed by atoms with van der Waals surface area (Å²) in [5.74, 6) is -0.192. The third-order valence-corrected chi connectivity index (χ3v) is 19.4. The van der Waals surface area contributed by atoms with Gasteiger partial charge in [-0.15, -0.1) is 0 Å². The Morgan fingerprint density at radius 1 is 0.804 bits per heavy atom. The van der Waals surface area contributed by atoms with Gasteiger partial charge in [0.2, 0.25) is 5.82 Å². The molecule has 0 saturated heterocycles. The summed E-state index contributed by atoms with van der Waals surface area (Å²) in [5.41, 5.74) is 1.95. The Morgan fingerprint density at radius 2 is 1.36 bits per heavy atom. The number of aromatic nitrogens is 2. The largest absolute Gasteiger partial charge is 0.460 e. The first-order valence-electron chi connectivity index (χ1n) is 20.1. The van der Waals surface area contributed by atoms with E-state index >= 15 is 0 Å². The van der Waals surface area contributed by atoms with Gasteiger partial charge in [0.25, 0.3) is 8.32 Å². The third-order valence-electron chi connectivity index (χ3n) is 11.3.